The Kier molecular flexibility index (Phi) is 7.48. The van der Waals surface area contributed by atoms with Crippen molar-refractivity contribution in [3.8, 4) is 0 Å². The standard InChI is InChI=1S/C31H33N7O2/c1-21-14-22(2)28-25(15-21)16-27(31(39)33-28)29(30-34-35-36-38(30)20-26-11-7-13-40-26)37(18-23-8-4-3-5-9-23)19-24-10-6-12-32-17-24/h3-6,8-10,12,14-17,26,29H,7,11,13,18-20H2,1-2H3,(H,33,39)/t26-,29+/m0/s1. The van der Waals surface area contributed by atoms with Crippen LogP contribution in [0.25, 0.3) is 10.9 Å². The van der Waals surface area contributed by atoms with Gasteiger partial charge < -0.3 is 9.72 Å². The van der Waals surface area contributed by atoms with Crippen LogP contribution < -0.4 is 5.56 Å². The number of tetrazole rings is 1. The number of aromatic nitrogens is 6. The number of hydrogen-bond acceptors (Lipinski definition) is 7. The van der Waals surface area contributed by atoms with Gasteiger partial charge in [0.15, 0.2) is 5.82 Å². The third-order valence-corrected chi connectivity index (χ3v) is 7.52. The summed E-state index contributed by atoms with van der Waals surface area (Å²) in [4.78, 5) is 23.6. The van der Waals surface area contributed by atoms with E-state index in [9.17, 15) is 4.79 Å². The molecule has 1 saturated heterocycles. The molecule has 9 nitrogen and oxygen atoms in total. The van der Waals surface area contributed by atoms with Crippen molar-refractivity contribution in [3.05, 3.63) is 117 Å². The molecular formula is C31H33N7O2. The predicted octanol–water partition coefficient (Wildman–Crippen LogP) is 4.50. The van der Waals surface area contributed by atoms with Crippen LogP contribution in [-0.2, 0) is 24.4 Å². The Morgan fingerprint density at radius 1 is 1.07 bits per heavy atom. The second kappa shape index (κ2) is 11.5. The van der Waals surface area contributed by atoms with E-state index in [-0.39, 0.29) is 11.7 Å². The summed E-state index contributed by atoms with van der Waals surface area (Å²) in [5.74, 6) is 0.615. The molecule has 0 unspecified atom stereocenters. The van der Waals surface area contributed by atoms with Gasteiger partial charge in [0, 0.05) is 37.7 Å². The Labute approximate surface area is 232 Å². The van der Waals surface area contributed by atoms with Gasteiger partial charge in [-0.2, -0.15) is 0 Å². The van der Waals surface area contributed by atoms with Crippen molar-refractivity contribution in [2.24, 2.45) is 0 Å². The monoisotopic (exact) mass is 535 g/mol. The molecule has 1 aliphatic rings. The number of pyridine rings is 2. The van der Waals surface area contributed by atoms with Gasteiger partial charge >= 0.3 is 0 Å². The number of aryl methyl sites for hydroxylation is 2. The third-order valence-electron chi connectivity index (χ3n) is 7.52. The Hall–Kier alpha value is -4.21. The topological polar surface area (TPSA) is 102 Å². The highest BCUT2D eigenvalue weighted by Gasteiger charge is 2.32. The quantitative estimate of drug-likeness (QED) is 0.297. The molecule has 1 aliphatic heterocycles. The van der Waals surface area contributed by atoms with Crippen LogP contribution in [0.1, 0.15) is 52.5 Å². The smallest absolute Gasteiger partial charge is 0.253 e. The lowest BCUT2D eigenvalue weighted by molar-refractivity contribution is 0.0903. The molecule has 0 amide bonds. The van der Waals surface area contributed by atoms with E-state index in [4.69, 9.17) is 4.74 Å². The molecular weight excluding hydrogens is 502 g/mol. The normalized spacial score (nSPS) is 16.1. The van der Waals surface area contributed by atoms with E-state index < -0.39 is 6.04 Å². The number of fused-ring (bicyclic) bond motifs is 1. The largest absolute Gasteiger partial charge is 0.376 e. The van der Waals surface area contributed by atoms with Crippen molar-refractivity contribution < 1.29 is 4.74 Å². The van der Waals surface area contributed by atoms with Gasteiger partial charge in [0.05, 0.1) is 18.2 Å². The number of nitrogens with one attached hydrogen (secondary N) is 1. The van der Waals surface area contributed by atoms with Crippen LogP contribution in [0.2, 0.25) is 0 Å². The lowest BCUT2D eigenvalue weighted by atomic mass is 9.99. The minimum atomic E-state index is -0.522. The van der Waals surface area contributed by atoms with Crippen LogP contribution in [0.5, 0.6) is 0 Å². The number of hydrogen-bond donors (Lipinski definition) is 1. The minimum absolute atomic E-state index is 0.0454. The highest BCUT2D eigenvalue weighted by atomic mass is 16.5. The fourth-order valence-electron chi connectivity index (χ4n) is 5.71. The van der Waals surface area contributed by atoms with Crippen molar-refractivity contribution in [1.82, 2.24) is 35.1 Å². The van der Waals surface area contributed by atoms with Gasteiger partial charge in [-0.3, -0.25) is 14.7 Å². The van der Waals surface area contributed by atoms with Crippen LogP contribution in [0, 0.1) is 13.8 Å². The molecule has 2 atom stereocenters. The second-order valence-electron chi connectivity index (χ2n) is 10.6. The zero-order chi connectivity index (χ0) is 27.5. The van der Waals surface area contributed by atoms with Crippen molar-refractivity contribution >= 4 is 10.9 Å². The van der Waals surface area contributed by atoms with Crippen LogP contribution >= 0.6 is 0 Å². The summed E-state index contributed by atoms with van der Waals surface area (Å²) in [5, 5.41) is 14.0. The first-order chi connectivity index (χ1) is 19.5. The Balaban J connectivity index is 1.52. The summed E-state index contributed by atoms with van der Waals surface area (Å²) in [6.45, 7) is 6.50. The van der Waals surface area contributed by atoms with Gasteiger partial charge in [0.1, 0.15) is 6.04 Å². The van der Waals surface area contributed by atoms with E-state index in [0.717, 1.165) is 52.6 Å². The van der Waals surface area contributed by atoms with Crippen LogP contribution in [0.4, 0.5) is 0 Å². The molecule has 5 aromatic rings. The lowest BCUT2D eigenvalue weighted by Crippen LogP contribution is -2.35. The van der Waals surface area contributed by atoms with E-state index in [1.54, 1.807) is 6.20 Å². The van der Waals surface area contributed by atoms with Crippen molar-refractivity contribution in [1.29, 1.82) is 0 Å². The highest BCUT2D eigenvalue weighted by Crippen LogP contribution is 2.31. The molecule has 9 heteroatoms. The van der Waals surface area contributed by atoms with Gasteiger partial charge in [-0.05, 0) is 77.4 Å². The Morgan fingerprint density at radius 3 is 2.67 bits per heavy atom. The van der Waals surface area contributed by atoms with E-state index in [1.807, 2.05) is 48.1 Å². The maximum atomic E-state index is 13.9. The van der Waals surface area contributed by atoms with Gasteiger partial charge in [-0.25, -0.2) is 4.68 Å². The fourth-order valence-corrected chi connectivity index (χ4v) is 5.71. The maximum Gasteiger partial charge on any atom is 0.253 e. The van der Waals surface area contributed by atoms with Gasteiger partial charge in [0.2, 0.25) is 0 Å². The lowest BCUT2D eigenvalue weighted by Gasteiger charge is -2.31. The van der Waals surface area contributed by atoms with E-state index in [1.165, 1.54) is 0 Å². The molecule has 1 fully saturated rings. The van der Waals surface area contributed by atoms with E-state index >= 15 is 0 Å². The first-order valence-corrected chi connectivity index (χ1v) is 13.7. The molecule has 2 aromatic carbocycles. The Morgan fingerprint density at radius 2 is 1.90 bits per heavy atom. The summed E-state index contributed by atoms with van der Waals surface area (Å²) in [6.07, 6.45) is 5.66. The zero-order valence-electron chi connectivity index (χ0n) is 22.8. The minimum Gasteiger partial charge on any atom is -0.376 e. The van der Waals surface area contributed by atoms with Crippen LogP contribution in [-0.4, -0.2) is 47.8 Å². The maximum absolute atomic E-state index is 13.9. The summed E-state index contributed by atoms with van der Waals surface area (Å²) < 4.78 is 7.73. The molecule has 40 heavy (non-hydrogen) atoms. The zero-order valence-corrected chi connectivity index (χ0v) is 22.8. The molecule has 1 N–H and O–H groups in total. The SMILES string of the molecule is Cc1cc(C)c2[nH]c(=O)c([C@H](c3nnnn3C[C@@H]3CCCO3)N(Cc3ccccc3)Cc3cccnc3)cc2c1. The number of rotatable bonds is 9. The first-order valence-electron chi connectivity index (χ1n) is 13.7. The molecule has 0 radical (unpaired) electrons. The number of ether oxygens (including phenoxy) is 1. The van der Waals surface area contributed by atoms with Crippen LogP contribution in [0.3, 0.4) is 0 Å². The summed E-state index contributed by atoms with van der Waals surface area (Å²) >= 11 is 0. The van der Waals surface area contributed by atoms with Crippen LogP contribution in [0.15, 0.2) is 77.9 Å². The molecule has 0 bridgehead atoms. The average Bonchev–Trinajstić information content (AvgIpc) is 3.64. The summed E-state index contributed by atoms with van der Waals surface area (Å²) in [7, 11) is 0. The van der Waals surface area contributed by atoms with Crippen molar-refractivity contribution in [3.63, 3.8) is 0 Å². The highest BCUT2D eigenvalue weighted by molar-refractivity contribution is 5.83. The molecule has 3 aromatic heterocycles. The van der Waals surface area contributed by atoms with Gasteiger partial charge in [-0.15, -0.1) is 5.10 Å². The number of benzene rings is 2. The fraction of sp³-hybridized carbons (Fsp3) is 0.323. The summed E-state index contributed by atoms with van der Waals surface area (Å²) in [5.41, 5.74) is 5.62. The number of H-pyrrole nitrogens is 1. The third kappa shape index (κ3) is 5.57. The number of aromatic amines is 1. The average molecular weight is 536 g/mol. The molecule has 6 rings (SSSR count). The molecule has 4 heterocycles. The van der Waals surface area contributed by atoms with Gasteiger partial charge in [-0.1, -0.05) is 48.0 Å². The van der Waals surface area contributed by atoms with E-state index in [2.05, 4.69) is 67.6 Å². The predicted molar refractivity (Wildman–Crippen MR) is 153 cm³/mol. The molecule has 0 saturated carbocycles. The second-order valence-corrected chi connectivity index (χ2v) is 10.6. The van der Waals surface area contributed by atoms with E-state index in [0.29, 0.717) is 31.0 Å². The number of nitrogens with zero attached hydrogens (tertiary/aromatic N) is 6. The molecule has 204 valence electrons. The van der Waals surface area contributed by atoms with Crippen molar-refractivity contribution in [2.75, 3.05) is 6.61 Å². The molecule has 0 spiro atoms. The van der Waals surface area contributed by atoms with Gasteiger partial charge in [0.25, 0.3) is 5.56 Å². The molecule has 0 aliphatic carbocycles. The first kappa shape index (κ1) is 26.0. The Bertz CT molecular complexity index is 1600. The summed E-state index contributed by atoms with van der Waals surface area (Å²) in [6, 6.07) is 19.9. The van der Waals surface area contributed by atoms with Crippen molar-refractivity contribution in [2.45, 2.75) is 58.5 Å².